The summed E-state index contributed by atoms with van der Waals surface area (Å²) >= 11 is 0. The Labute approximate surface area is 155 Å². The third kappa shape index (κ3) is 7.41. The number of benzene rings is 2. The fourth-order valence-electron chi connectivity index (χ4n) is 2.31. The molecule has 25 heavy (non-hydrogen) atoms. The van der Waals surface area contributed by atoms with Gasteiger partial charge in [0.2, 0.25) is 10.0 Å². The predicted octanol–water partition coefficient (Wildman–Crippen LogP) is 1.60. The molecule has 138 valence electrons. The molecule has 0 aliphatic rings. The van der Waals surface area contributed by atoms with Crippen molar-refractivity contribution in [2.45, 2.75) is 11.4 Å². The van der Waals surface area contributed by atoms with E-state index in [1.54, 1.807) is 12.1 Å². The first-order valence-corrected chi connectivity index (χ1v) is 9.25. The van der Waals surface area contributed by atoms with Crippen molar-refractivity contribution in [3.63, 3.8) is 0 Å². The lowest BCUT2D eigenvalue weighted by molar-refractivity contribution is 0.206. The van der Waals surface area contributed by atoms with Crippen molar-refractivity contribution in [2.24, 2.45) is 10.9 Å². The number of ether oxygens (including phenoxy) is 1. The Morgan fingerprint density at radius 3 is 2.16 bits per heavy atom. The average Bonchev–Trinajstić information content (AvgIpc) is 2.55. The van der Waals surface area contributed by atoms with Crippen molar-refractivity contribution >= 4 is 22.4 Å². The molecule has 2 aromatic carbocycles. The van der Waals surface area contributed by atoms with E-state index in [-0.39, 0.29) is 17.3 Å². The van der Waals surface area contributed by atoms with E-state index in [1.807, 2.05) is 18.2 Å². The van der Waals surface area contributed by atoms with Gasteiger partial charge >= 0.3 is 0 Å². The first-order chi connectivity index (χ1) is 11.5. The smallest absolute Gasteiger partial charge is 0.238 e. The Balaban J connectivity index is 0.00000312. The van der Waals surface area contributed by atoms with Crippen molar-refractivity contribution in [1.29, 1.82) is 0 Å². The zero-order chi connectivity index (χ0) is 17.4. The minimum Gasteiger partial charge on any atom is -0.492 e. The number of hydrogen-bond acceptors (Lipinski definition) is 5. The maximum atomic E-state index is 11.2. The van der Waals surface area contributed by atoms with Gasteiger partial charge in [-0.05, 0) is 29.8 Å². The molecule has 0 aliphatic carbocycles. The van der Waals surface area contributed by atoms with Crippen LogP contribution in [0.1, 0.15) is 5.56 Å². The van der Waals surface area contributed by atoms with Crippen LogP contribution in [0.25, 0.3) is 0 Å². The third-order valence-corrected chi connectivity index (χ3v) is 4.45. The topological polar surface area (TPSA) is 98.6 Å². The van der Waals surface area contributed by atoms with Gasteiger partial charge in [-0.25, -0.2) is 13.6 Å². The highest BCUT2D eigenvalue weighted by molar-refractivity contribution is 7.89. The van der Waals surface area contributed by atoms with Gasteiger partial charge in [0.1, 0.15) is 12.4 Å². The molecule has 0 fully saturated rings. The van der Waals surface area contributed by atoms with Gasteiger partial charge in [-0.15, -0.1) is 12.4 Å². The highest BCUT2D eigenvalue weighted by Crippen LogP contribution is 2.15. The van der Waals surface area contributed by atoms with Crippen LogP contribution in [0.4, 0.5) is 0 Å². The number of halogens is 1. The Bertz CT molecular complexity index is 725. The lowest BCUT2D eigenvalue weighted by atomic mass is 10.2. The number of hydrogen-bond donors (Lipinski definition) is 2. The van der Waals surface area contributed by atoms with E-state index in [1.165, 1.54) is 17.7 Å². The molecular formula is C17H24ClN3O3S. The van der Waals surface area contributed by atoms with Crippen LogP contribution < -0.4 is 15.6 Å². The normalized spacial score (nSPS) is 11.2. The summed E-state index contributed by atoms with van der Waals surface area (Å²) < 4.78 is 28.1. The molecular weight excluding hydrogens is 362 g/mol. The Morgan fingerprint density at radius 2 is 1.60 bits per heavy atom. The van der Waals surface area contributed by atoms with E-state index in [2.05, 4.69) is 17.0 Å². The van der Waals surface area contributed by atoms with Crippen LogP contribution >= 0.6 is 12.4 Å². The van der Waals surface area contributed by atoms with Gasteiger partial charge in [0, 0.05) is 26.2 Å². The monoisotopic (exact) mass is 385 g/mol. The molecule has 0 atom stereocenters. The fraction of sp³-hybridized carbons (Fsp3) is 0.294. The largest absolute Gasteiger partial charge is 0.492 e. The molecule has 0 radical (unpaired) electrons. The molecule has 0 saturated heterocycles. The zero-order valence-electron chi connectivity index (χ0n) is 13.9. The van der Waals surface area contributed by atoms with Gasteiger partial charge < -0.3 is 10.5 Å². The van der Waals surface area contributed by atoms with Crippen molar-refractivity contribution in [2.75, 3.05) is 26.2 Å². The quantitative estimate of drug-likeness (QED) is 0.683. The molecule has 0 bridgehead atoms. The Morgan fingerprint density at radius 1 is 0.960 bits per heavy atom. The average molecular weight is 386 g/mol. The molecule has 4 N–H and O–H groups in total. The van der Waals surface area contributed by atoms with E-state index in [0.29, 0.717) is 18.9 Å². The second-order valence-electron chi connectivity index (χ2n) is 5.42. The Hall–Kier alpha value is -1.64. The van der Waals surface area contributed by atoms with Crippen LogP contribution in [-0.2, 0) is 16.6 Å². The lowest BCUT2D eigenvalue weighted by Gasteiger charge is -2.21. The summed E-state index contributed by atoms with van der Waals surface area (Å²) in [6.07, 6.45) is 0. The van der Waals surface area contributed by atoms with Crippen molar-refractivity contribution in [1.82, 2.24) is 4.90 Å². The van der Waals surface area contributed by atoms with Crippen LogP contribution in [-0.4, -0.2) is 39.6 Å². The number of rotatable bonds is 9. The molecule has 0 saturated carbocycles. The van der Waals surface area contributed by atoms with Crippen LogP contribution in [0.5, 0.6) is 5.75 Å². The highest BCUT2D eigenvalue weighted by Gasteiger charge is 2.08. The van der Waals surface area contributed by atoms with Crippen LogP contribution in [0.15, 0.2) is 59.5 Å². The zero-order valence-corrected chi connectivity index (χ0v) is 15.5. The summed E-state index contributed by atoms with van der Waals surface area (Å²) in [6.45, 7) is 3.38. The summed E-state index contributed by atoms with van der Waals surface area (Å²) in [4.78, 5) is 2.29. The van der Waals surface area contributed by atoms with Gasteiger partial charge in [-0.3, -0.25) is 4.90 Å². The Kier molecular flexibility index (Phi) is 8.88. The summed E-state index contributed by atoms with van der Waals surface area (Å²) in [5.74, 6) is 0.606. The maximum Gasteiger partial charge on any atom is 0.238 e. The molecule has 0 amide bonds. The van der Waals surface area contributed by atoms with Gasteiger partial charge in [0.25, 0.3) is 0 Å². The van der Waals surface area contributed by atoms with E-state index in [4.69, 9.17) is 15.6 Å². The van der Waals surface area contributed by atoms with Crippen molar-refractivity contribution < 1.29 is 13.2 Å². The fourth-order valence-corrected chi connectivity index (χ4v) is 2.83. The first kappa shape index (κ1) is 21.4. The number of nitrogens with two attached hydrogens (primary N) is 2. The SMILES string of the molecule is Cl.NCCN(CCOc1ccc(S(N)(=O)=O)cc1)Cc1ccccc1. The first-order valence-electron chi connectivity index (χ1n) is 7.71. The molecule has 0 heterocycles. The van der Waals surface area contributed by atoms with Gasteiger partial charge in [-0.1, -0.05) is 30.3 Å². The minimum absolute atomic E-state index is 0. The van der Waals surface area contributed by atoms with Crippen LogP contribution in [0, 0.1) is 0 Å². The van der Waals surface area contributed by atoms with Gasteiger partial charge in [0.05, 0.1) is 4.90 Å². The molecule has 6 nitrogen and oxygen atoms in total. The van der Waals surface area contributed by atoms with Gasteiger partial charge in [0.15, 0.2) is 0 Å². The van der Waals surface area contributed by atoms with Gasteiger partial charge in [-0.2, -0.15) is 0 Å². The number of nitrogens with zero attached hydrogens (tertiary/aromatic N) is 1. The van der Waals surface area contributed by atoms with Crippen molar-refractivity contribution in [3.05, 3.63) is 60.2 Å². The van der Waals surface area contributed by atoms with Crippen LogP contribution in [0.2, 0.25) is 0 Å². The van der Waals surface area contributed by atoms with E-state index in [0.717, 1.165) is 19.6 Å². The molecule has 2 rings (SSSR count). The van der Waals surface area contributed by atoms with Crippen molar-refractivity contribution in [3.8, 4) is 5.75 Å². The van der Waals surface area contributed by atoms with E-state index < -0.39 is 10.0 Å². The summed E-state index contributed by atoms with van der Waals surface area (Å²) in [5.41, 5.74) is 6.90. The molecule has 0 aliphatic heterocycles. The molecule has 0 aromatic heterocycles. The number of sulfonamides is 1. The summed E-state index contributed by atoms with van der Waals surface area (Å²) in [5, 5.41) is 5.07. The lowest BCUT2D eigenvalue weighted by Crippen LogP contribution is -2.32. The predicted molar refractivity (Wildman–Crippen MR) is 101 cm³/mol. The summed E-state index contributed by atoms with van der Waals surface area (Å²) in [7, 11) is -3.67. The maximum absolute atomic E-state index is 11.2. The second kappa shape index (κ2) is 10.4. The molecule has 0 unspecified atom stereocenters. The summed E-state index contributed by atoms with van der Waals surface area (Å²) in [6, 6.07) is 16.3. The third-order valence-electron chi connectivity index (χ3n) is 3.52. The second-order valence-corrected chi connectivity index (χ2v) is 6.98. The highest BCUT2D eigenvalue weighted by atomic mass is 35.5. The van der Waals surface area contributed by atoms with Crippen LogP contribution in [0.3, 0.4) is 0 Å². The molecule has 2 aromatic rings. The molecule has 8 heteroatoms. The number of primary sulfonamides is 1. The molecule has 0 spiro atoms. The van der Waals surface area contributed by atoms with E-state index >= 15 is 0 Å². The van der Waals surface area contributed by atoms with E-state index in [9.17, 15) is 8.42 Å². The minimum atomic E-state index is -3.67. The standard InChI is InChI=1S/C17H23N3O3S.ClH/c18-10-11-20(14-15-4-2-1-3-5-15)12-13-23-16-6-8-17(9-7-16)24(19,21)22;/h1-9H,10-14,18H2,(H2,19,21,22);1H.